The molecule has 2 rings (SSSR count). The Balaban J connectivity index is 2.13. The Morgan fingerprint density at radius 1 is 1.29 bits per heavy atom. The van der Waals surface area contributed by atoms with Gasteiger partial charge in [-0.2, -0.15) is 0 Å². The first-order valence-corrected chi connectivity index (χ1v) is 8.74. The highest BCUT2D eigenvalue weighted by Crippen LogP contribution is 2.32. The van der Waals surface area contributed by atoms with Crippen molar-refractivity contribution in [1.29, 1.82) is 0 Å². The molecule has 0 aliphatic heterocycles. The minimum absolute atomic E-state index is 0.339. The number of halogens is 1. The largest absolute Gasteiger partial charge is 0.369 e. The van der Waals surface area contributed by atoms with Gasteiger partial charge in [0.1, 0.15) is 5.82 Å². The summed E-state index contributed by atoms with van der Waals surface area (Å²) in [5, 5.41) is 0. The Morgan fingerprint density at radius 2 is 1.95 bits per heavy atom. The number of aromatic nitrogens is 2. The highest BCUT2D eigenvalue weighted by atomic mass is 35.5. The fourth-order valence-electron chi connectivity index (χ4n) is 3.23. The van der Waals surface area contributed by atoms with Gasteiger partial charge in [-0.25, -0.2) is 9.97 Å². The third kappa shape index (κ3) is 3.88. The molecule has 1 aliphatic rings. The van der Waals surface area contributed by atoms with Crippen molar-refractivity contribution in [3.05, 3.63) is 17.7 Å². The molecule has 0 N–H and O–H groups in total. The van der Waals surface area contributed by atoms with Gasteiger partial charge in [0.25, 0.3) is 0 Å². The smallest absolute Gasteiger partial charge is 0.131 e. The van der Waals surface area contributed by atoms with Gasteiger partial charge in [0, 0.05) is 19.0 Å². The van der Waals surface area contributed by atoms with E-state index in [0.29, 0.717) is 17.8 Å². The zero-order valence-corrected chi connectivity index (χ0v) is 14.5. The lowest BCUT2D eigenvalue weighted by atomic mass is 9.84. The minimum Gasteiger partial charge on any atom is -0.369 e. The van der Waals surface area contributed by atoms with Crippen LogP contribution in [0.25, 0.3) is 0 Å². The van der Waals surface area contributed by atoms with Crippen molar-refractivity contribution in [2.75, 3.05) is 11.9 Å². The molecule has 1 aromatic rings. The molecule has 3 nitrogen and oxygen atoms in total. The molecule has 0 unspecified atom stereocenters. The quantitative estimate of drug-likeness (QED) is 0.735. The first kappa shape index (κ1) is 16.5. The standard InChI is InChI=1S/C17H28ClN3/c1-5-13-6-8-14(9-7-13)21(4)16-11-19-17(12(2)3)20-15(16)10-18/h11-14H,5-10H2,1-4H3. The predicted molar refractivity (Wildman–Crippen MR) is 90.1 cm³/mol. The van der Waals surface area contributed by atoms with Crippen molar-refractivity contribution in [3.63, 3.8) is 0 Å². The van der Waals surface area contributed by atoms with Gasteiger partial charge in [-0.05, 0) is 31.6 Å². The van der Waals surface area contributed by atoms with Crippen LogP contribution in [0.4, 0.5) is 5.69 Å². The molecule has 0 radical (unpaired) electrons. The van der Waals surface area contributed by atoms with Crippen LogP contribution < -0.4 is 4.90 Å². The van der Waals surface area contributed by atoms with Crippen LogP contribution in [0.3, 0.4) is 0 Å². The van der Waals surface area contributed by atoms with E-state index in [1.54, 1.807) is 0 Å². The summed E-state index contributed by atoms with van der Waals surface area (Å²) in [6, 6.07) is 0.600. The van der Waals surface area contributed by atoms with Crippen molar-refractivity contribution in [3.8, 4) is 0 Å². The van der Waals surface area contributed by atoms with E-state index >= 15 is 0 Å². The van der Waals surface area contributed by atoms with Gasteiger partial charge in [-0.1, -0.05) is 27.2 Å². The summed E-state index contributed by atoms with van der Waals surface area (Å²) >= 11 is 6.12. The van der Waals surface area contributed by atoms with E-state index < -0.39 is 0 Å². The maximum atomic E-state index is 6.12. The lowest BCUT2D eigenvalue weighted by molar-refractivity contribution is 0.313. The molecule has 1 aliphatic carbocycles. The Hall–Kier alpha value is -0.830. The zero-order valence-electron chi connectivity index (χ0n) is 13.8. The van der Waals surface area contributed by atoms with E-state index in [1.165, 1.54) is 32.1 Å². The number of hydrogen-bond acceptors (Lipinski definition) is 3. The summed E-state index contributed by atoms with van der Waals surface area (Å²) in [6.45, 7) is 6.53. The molecule has 0 saturated heterocycles. The number of alkyl halides is 1. The third-order valence-corrected chi connectivity index (χ3v) is 5.08. The van der Waals surface area contributed by atoms with Crippen LogP contribution in [-0.2, 0) is 5.88 Å². The number of nitrogens with zero attached hydrogens (tertiary/aromatic N) is 3. The van der Waals surface area contributed by atoms with Crippen LogP contribution in [-0.4, -0.2) is 23.1 Å². The Morgan fingerprint density at radius 3 is 2.48 bits per heavy atom. The topological polar surface area (TPSA) is 29.0 Å². The molecule has 0 aromatic carbocycles. The molecule has 1 aromatic heterocycles. The second kappa shape index (κ2) is 7.44. The Bertz CT molecular complexity index is 453. The first-order valence-electron chi connectivity index (χ1n) is 8.21. The van der Waals surface area contributed by atoms with E-state index in [9.17, 15) is 0 Å². The van der Waals surface area contributed by atoms with Crippen LogP contribution in [0.2, 0.25) is 0 Å². The Kier molecular flexibility index (Phi) is 5.86. The van der Waals surface area contributed by atoms with Crippen molar-refractivity contribution >= 4 is 17.3 Å². The van der Waals surface area contributed by atoms with E-state index in [-0.39, 0.29) is 0 Å². The third-order valence-electron chi connectivity index (χ3n) is 4.83. The molecule has 0 atom stereocenters. The number of hydrogen-bond donors (Lipinski definition) is 0. The summed E-state index contributed by atoms with van der Waals surface area (Å²) in [5.41, 5.74) is 2.07. The lowest BCUT2D eigenvalue weighted by Gasteiger charge is -2.36. The molecule has 0 amide bonds. The summed E-state index contributed by atoms with van der Waals surface area (Å²) in [5.74, 6) is 2.59. The first-order chi connectivity index (χ1) is 10.1. The zero-order chi connectivity index (χ0) is 15.4. The van der Waals surface area contributed by atoms with E-state index in [1.807, 2.05) is 6.20 Å². The van der Waals surface area contributed by atoms with Gasteiger partial charge >= 0.3 is 0 Å². The van der Waals surface area contributed by atoms with E-state index in [0.717, 1.165) is 23.1 Å². The van der Waals surface area contributed by atoms with Crippen molar-refractivity contribution in [1.82, 2.24) is 9.97 Å². The second-order valence-electron chi connectivity index (χ2n) is 6.54. The lowest BCUT2D eigenvalue weighted by Crippen LogP contribution is -2.36. The summed E-state index contributed by atoms with van der Waals surface area (Å²) in [4.78, 5) is 11.5. The summed E-state index contributed by atoms with van der Waals surface area (Å²) < 4.78 is 0. The van der Waals surface area contributed by atoms with Gasteiger partial charge in [-0.15, -0.1) is 11.6 Å². The van der Waals surface area contributed by atoms with Gasteiger partial charge in [-0.3, -0.25) is 0 Å². The van der Waals surface area contributed by atoms with Crippen LogP contribution >= 0.6 is 11.6 Å². The molecule has 1 fully saturated rings. The molecular formula is C17H28ClN3. The van der Waals surface area contributed by atoms with Crippen LogP contribution in [0.15, 0.2) is 6.20 Å². The number of anilines is 1. The van der Waals surface area contributed by atoms with Crippen molar-refractivity contribution < 1.29 is 0 Å². The Labute approximate surface area is 134 Å². The normalized spacial score (nSPS) is 22.6. The fraction of sp³-hybridized carbons (Fsp3) is 0.765. The average molecular weight is 310 g/mol. The van der Waals surface area contributed by atoms with Gasteiger partial charge < -0.3 is 4.90 Å². The van der Waals surface area contributed by atoms with Crippen molar-refractivity contribution in [2.45, 2.75) is 70.7 Å². The van der Waals surface area contributed by atoms with E-state index in [4.69, 9.17) is 11.6 Å². The minimum atomic E-state index is 0.339. The van der Waals surface area contributed by atoms with E-state index in [2.05, 4.69) is 42.7 Å². The molecule has 118 valence electrons. The van der Waals surface area contributed by atoms with Crippen molar-refractivity contribution in [2.24, 2.45) is 5.92 Å². The molecule has 1 heterocycles. The molecule has 0 spiro atoms. The maximum Gasteiger partial charge on any atom is 0.131 e. The monoisotopic (exact) mass is 309 g/mol. The highest BCUT2D eigenvalue weighted by molar-refractivity contribution is 6.17. The second-order valence-corrected chi connectivity index (χ2v) is 6.81. The summed E-state index contributed by atoms with van der Waals surface area (Å²) in [6.07, 6.45) is 8.49. The van der Waals surface area contributed by atoms with Crippen LogP contribution in [0, 0.1) is 5.92 Å². The van der Waals surface area contributed by atoms with Crippen LogP contribution in [0.1, 0.15) is 70.3 Å². The van der Waals surface area contributed by atoms with Gasteiger partial charge in [0.15, 0.2) is 0 Å². The predicted octanol–water partition coefficient (Wildman–Crippen LogP) is 4.74. The van der Waals surface area contributed by atoms with Gasteiger partial charge in [0.05, 0.1) is 23.5 Å². The van der Waals surface area contributed by atoms with Gasteiger partial charge in [0.2, 0.25) is 0 Å². The SMILES string of the molecule is CCC1CCC(N(C)c2cnc(C(C)C)nc2CCl)CC1. The van der Waals surface area contributed by atoms with Crippen LogP contribution in [0.5, 0.6) is 0 Å². The molecular weight excluding hydrogens is 282 g/mol. The highest BCUT2D eigenvalue weighted by Gasteiger charge is 2.25. The fourth-order valence-corrected chi connectivity index (χ4v) is 3.43. The maximum absolute atomic E-state index is 6.12. The average Bonchev–Trinajstić information content (AvgIpc) is 2.53. The number of rotatable bonds is 5. The molecule has 0 bridgehead atoms. The molecule has 4 heteroatoms. The summed E-state index contributed by atoms with van der Waals surface area (Å²) in [7, 11) is 2.17. The molecule has 1 saturated carbocycles. The molecule has 21 heavy (non-hydrogen) atoms.